The lowest BCUT2D eigenvalue weighted by Gasteiger charge is -2.37. The van der Waals surface area contributed by atoms with Crippen LogP contribution < -0.4 is 5.73 Å². The maximum absolute atomic E-state index is 10.6. The van der Waals surface area contributed by atoms with Crippen LogP contribution in [0.4, 0.5) is 13.2 Å². The molecule has 7 nitrogen and oxygen atoms in total. The number of aromatic nitrogens is 2. The summed E-state index contributed by atoms with van der Waals surface area (Å²) < 4.78 is 40.1. The lowest BCUT2D eigenvalue weighted by atomic mass is 9.72. The Balaban J connectivity index is 0.000000423. The molecular weight excluding hydrogens is 413 g/mol. The van der Waals surface area contributed by atoms with Crippen molar-refractivity contribution in [1.82, 2.24) is 14.7 Å². The van der Waals surface area contributed by atoms with Gasteiger partial charge in [-0.2, -0.15) is 18.3 Å². The zero-order chi connectivity index (χ0) is 23.4. The molecule has 0 bridgehead atoms. The Kier molecular flexibility index (Phi) is 8.15. The number of aliphatic carboxylic acids is 1. The molecule has 31 heavy (non-hydrogen) atoms. The van der Waals surface area contributed by atoms with E-state index in [4.69, 9.17) is 20.4 Å². The molecular formula is C21H35F3N4O3. The smallest absolute Gasteiger partial charge is 0.475 e. The standard InChI is InChI=1S/C19H34N4O.C2HF3O2/c1-18(2)13-19(24-14-18)7-5-15(6-8-19)17-16(11-21-23(17)4)12-22(3)10-9-20;3-2(4,5)1(6)7/h11,15H,5-10,12-14,20H2,1-4H3;(H,6,7). The number of ether oxygens (including phenoxy) is 1. The summed E-state index contributed by atoms with van der Waals surface area (Å²) in [5.41, 5.74) is 8.96. The molecule has 2 heterocycles. The molecule has 0 radical (unpaired) electrons. The highest BCUT2D eigenvalue weighted by atomic mass is 19.4. The summed E-state index contributed by atoms with van der Waals surface area (Å²) in [5.74, 6) is -2.15. The number of nitrogens with two attached hydrogens (primary N) is 1. The topological polar surface area (TPSA) is 93.6 Å². The first-order chi connectivity index (χ1) is 14.3. The summed E-state index contributed by atoms with van der Waals surface area (Å²) in [7, 11) is 4.22. The fraction of sp³-hybridized carbons (Fsp3) is 0.810. The molecule has 1 saturated carbocycles. The van der Waals surface area contributed by atoms with Crippen molar-refractivity contribution in [2.75, 3.05) is 26.7 Å². The largest absolute Gasteiger partial charge is 0.490 e. The fourth-order valence-electron chi connectivity index (χ4n) is 4.79. The normalized spacial score (nSPS) is 25.5. The average Bonchev–Trinajstić information content (AvgIpc) is 3.15. The second kappa shape index (κ2) is 9.87. The molecule has 1 saturated heterocycles. The Morgan fingerprint density at radius 3 is 2.42 bits per heavy atom. The van der Waals surface area contributed by atoms with E-state index in [0.717, 1.165) is 19.7 Å². The van der Waals surface area contributed by atoms with Crippen molar-refractivity contribution >= 4 is 5.97 Å². The van der Waals surface area contributed by atoms with E-state index in [9.17, 15) is 13.2 Å². The number of carboxylic acid groups (broad SMARTS) is 1. The van der Waals surface area contributed by atoms with Gasteiger partial charge in [-0.15, -0.1) is 0 Å². The van der Waals surface area contributed by atoms with E-state index < -0.39 is 12.1 Å². The van der Waals surface area contributed by atoms with E-state index in [1.807, 2.05) is 6.20 Å². The summed E-state index contributed by atoms with van der Waals surface area (Å²) in [6.07, 6.45) is 2.97. The van der Waals surface area contributed by atoms with Crippen molar-refractivity contribution in [2.45, 2.75) is 70.2 Å². The van der Waals surface area contributed by atoms with Gasteiger partial charge in [-0.05, 0) is 44.6 Å². The first-order valence-electron chi connectivity index (χ1n) is 10.6. The molecule has 10 heteroatoms. The zero-order valence-corrected chi connectivity index (χ0v) is 18.8. The van der Waals surface area contributed by atoms with Gasteiger partial charge in [0.25, 0.3) is 0 Å². The highest BCUT2D eigenvalue weighted by Gasteiger charge is 2.46. The Bertz CT molecular complexity index is 741. The number of nitrogens with zero attached hydrogens (tertiary/aromatic N) is 3. The van der Waals surface area contributed by atoms with Crippen LogP contribution in [0.3, 0.4) is 0 Å². The number of carboxylic acids is 1. The molecule has 178 valence electrons. The van der Waals surface area contributed by atoms with Crippen molar-refractivity contribution < 1.29 is 27.8 Å². The molecule has 1 spiro atoms. The average molecular weight is 449 g/mol. The van der Waals surface area contributed by atoms with Gasteiger partial charge in [0.1, 0.15) is 0 Å². The third kappa shape index (κ3) is 6.92. The molecule has 3 rings (SSSR count). The van der Waals surface area contributed by atoms with E-state index >= 15 is 0 Å². The molecule has 1 aromatic rings. The minimum atomic E-state index is -5.08. The predicted octanol–water partition coefficient (Wildman–Crippen LogP) is 3.29. The van der Waals surface area contributed by atoms with Gasteiger partial charge < -0.3 is 20.5 Å². The van der Waals surface area contributed by atoms with Crippen LogP contribution in [0.25, 0.3) is 0 Å². The molecule has 0 aromatic carbocycles. The summed E-state index contributed by atoms with van der Waals surface area (Å²) in [6, 6.07) is 0. The second-order valence-electron chi connectivity index (χ2n) is 9.59. The Morgan fingerprint density at radius 2 is 1.97 bits per heavy atom. The quantitative estimate of drug-likeness (QED) is 0.718. The summed E-state index contributed by atoms with van der Waals surface area (Å²) >= 11 is 0. The minimum absolute atomic E-state index is 0.148. The molecule has 0 atom stereocenters. The fourth-order valence-corrected chi connectivity index (χ4v) is 4.79. The Morgan fingerprint density at radius 1 is 1.39 bits per heavy atom. The van der Waals surface area contributed by atoms with Crippen molar-refractivity contribution in [3.05, 3.63) is 17.5 Å². The Labute approximate surface area is 181 Å². The van der Waals surface area contributed by atoms with E-state index in [-0.39, 0.29) is 5.60 Å². The number of rotatable bonds is 5. The van der Waals surface area contributed by atoms with Crippen LogP contribution in [0.5, 0.6) is 0 Å². The number of carbonyl (C=O) groups is 1. The molecule has 0 unspecified atom stereocenters. The first-order valence-corrected chi connectivity index (χ1v) is 10.6. The predicted molar refractivity (Wildman–Crippen MR) is 111 cm³/mol. The number of hydrogen-bond donors (Lipinski definition) is 2. The van der Waals surface area contributed by atoms with E-state index in [1.165, 1.54) is 43.4 Å². The van der Waals surface area contributed by atoms with Gasteiger partial charge in [0.2, 0.25) is 0 Å². The van der Waals surface area contributed by atoms with Crippen LogP contribution in [0.15, 0.2) is 6.20 Å². The number of aryl methyl sites for hydroxylation is 1. The third-order valence-corrected chi connectivity index (χ3v) is 6.11. The Hall–Kier alpha value is -1.65. The van der Waals surface area contributed by atoms with Crippen LogP contribution in [0.2, 0.25) is 0 Å². The van der Waals surface area contributed by atoms with Crippen molar-refractivity contribution in [1.29, 1.82) is 0 Å². The van der Waals surface area contributed by atoms with Crippen molar-refractivity contribution in [3.63, 3.8) is 0 Å². The van der Waals surface area contributed by atoms with Gasteiger partial charge in [-0.3, -0.25) is 4.68 Å². The van der Waals surface area contributed by atoms with Gasteiger partial charge in [0, 0.05) is 43.9 Å². The van der Waals surface area contributed by atoms with Crippen LogP contribution in [0, 0.1) is 5.41 Å². The molecule has 1 aromatic heterocycles. The number of likely N-dealkylation sites (N-methyl/N-ethyl adjacent to an activating group) is 1. The zero-order valence-electron chi connectivity index (χ0n) is 18.8. The molecule has 1 aliphatic carbocycles. The lowest BCUT2D eigenvalue weighted by Crippen LogP contribution is -2.34. The van der Waals surface area contributed by atoms with Gasteiger partial charge >= 0.3 is 12.1 Å². The molecule has 3 N–H and O–H groups in total. The van der Waals surface area contributed by atoms with E-state index in [1.54, 1.807) is 0 Å². The van der Waals surface area contributed by atoms with Gasteiger partial charge in [0.15, 0.2) is 0 Å². The third-order valence-electron chi connectivity index (χ3n) is 6.11. The summed E-state index contributed by atoms with van der Waals surface area (Å²) in [6.45, 7) is 8.14. The number of alkyl halides is 3. The maximum Gasteiger partial charge on any atom is 0.490 e. The minimum Gasteiger partial charge on any atom is -0.475 e. The van der Waals surface area contributed by atoms with Crippen LogP contribution in [-0.4, -0.2) is 64.3 Å². The highest BCUT2D eigenvalue weighted by Crippen LogP contribution is 2.50. The number of hydrogen-bond acceptors (Lipinski definition) is 5. The first kappa shape index (κ1) is 25.6. The van der Waals surface area contributed by atoms with Crippen molar-refractivity contribution in [3.8, 4) is 0 Å². The molecule has 2 aliphatic rings. The molecule has 2 fully saturated rings. The monoisotopic (exact) mass is 448 g/mol. The van der Waals surface area contributed by atoms with Crippen molar-refractivity contribution in [2.24, 2.45) is 18.2 Å². The van der Waals surface area contributed by atoms with Gasteiger partial charge in [0.05, 0.1) is 18.4 Å². The lowest BCUT2D eigenvalue weighted by molar-refractivity contribution is -0.192. The second-order valence-corrected chi connectivity index (χ2v) is 9.59. The van der Waals surface area contributed by atoms with Crippen LogP contribution >= 0.6 is 0 Å². The maximum atomic E-state index is 10.6. The highest BCUT2D eigenvalue weighted by molar-refractivity contribution is 5.73. The summed E-state index contributed by atoms with van der Waals surface area (Å²) in [4.78, 5) is 11.2. The number of halogens is 3. The van der Waals surface area contributed by atoms with Crippen LogP contribution in [0.1, 0.15) is 63.1 Å². The molecule has 1 aliphatic heterocycles. The molecule has 0 amide bonds. The van der Waals surface area contributed by atoms with E-state index in [0.29, 0.717) is 17.9 Å². The van der Waals surface area contributed by atoms with Gasteiger partial charge in [-0.1, -0.05) is 13.8 Å². The van der Waals surface area contributed by atoms with Crippen LogP contribution in [-0.2, 0) is 23.1 Å². The van der Waals surface area contributed by atoms with E-state index in [2.05, 4.69) is 42.6 Å². The summed E-state index contributed by atoms with van der Waals surface area (Å²) in [5, 5.41) is 11.7. The SMILES string of the molecule is CN(CCN)Cc1cnn(C)c1C1CCC2(CC1)CC(C)(C)CO2.O=C(O)C(F)(F)F. The van der Waals surface area contributed by atoms with Gasteiger partial charge in [-0.25, -0.2) is 4.79 Å².